The third-order valence-corrected chi connectivity index (χ3v) is 1.48. The quantitative estimate of drug-likeness (QED) is 0.379. The largest absolute Gasteiger partial charge is 0.377 e. The van der Waals surface area contributed by atoms with Crippen LogP contribution in [-0.2, 0) is 8.92 Å². The molecule has 0 aromatic rings. The Bertz CT molecular complexity index is 80.4. The lowest BCUT2D eigenvalue weighted by Gasteiger charge is -2.07. The van der Waals surface area contributed by atoms with Gasteiger partial charge in [-0.3, -0.25) is 0 Å². The Labute approximate surface area is 53.8 Å². The SMILES string of the molecule is N[C@H]1COC[C@@H]1OS. The molecular formula is C4H9NO2S. The van der Waals surface area contributed by atoms with Crippen LogP contribution in [0.2, 0.25) is 0 Å². The van der Waals surface area contributed by atoms with Crippen molar-refractivity contribution in [3.63, 3.8) is 0 Å². The average Bonchev–Trinajstić information content (AvgIpc) is 2.14. The Morgan fingerprint density at radius 3 is 2.62 bits per heavy atom. The number of hydrogen-bond acceptors (Lipinski definition) is 4. The second kappa shape index (κ2) is 2.68. The molecule has 0 aromatic carbocycles. The van der Waals surface area contributed by atoms with E-state index in [0.717, 1.165) is 0 Å². The molecule has 1 saturated heterocycles. The number of thiol groups is 1. The number of hydrogen-bond donors (Lipinski definition) is 2. The summed E-state index contributed by atoms with van der Waals surface area (Å²) in [6.45, 7) is 1.16. The monoisotopic (exact) mass is 135 g/mol. The Kier molecular flexibility index (Phi) is 2.13. The molecule has 3 nitrogen and oxygen atoms in total. The summed E-state index contributed by atoms with van der Waals surface area (Å²) in [5, 5.41) is 0. The lowest BCUT2D eigenvalue weighted by molar-refractivity contribution is 0.156. The highest BCUT2D eigenvalue weighted by atomic mass is 32.1. The van der Waals surface area contributed by atoms with Crippen LogP contribution in [0.1, 0.15) is 0 Å². The van der Waals surface area contributed by atoms with Gasteiger partial charge in [0.05, 0.1) is 19.3 Å². The molecule has 0 aromatic heterocycles. The zero-order valence-electron chi connectivity index (χ0n) is 4.41. The molecule has 1 aliphatic rings. The van der Waals surface area contributed by atoms with Crippen molar-refractivity contribution in [2.45, 2.75) is 12.1 Å². The molecule has 0 unspecified atom stereocenters. The summed E-state index contributed by atoms with van der Waals surface area (Å²) >= 11 is 3.62. The van der Waals surface area contributed by atoms with E-state index in [2.05, 4.69) is 17.1 Å². The van der Waals surface area contributed by atoms with Crippen LogP contribution in [0.5, 0.6) is 0 Å². The van der Waals surface area contributed by atoms with Gasteiger partial charge >= 0.3 is 0 Å². The first-order valence-electron chi connectivity index (χ1n) is 2.48. The van der Waals surface area contributed by atoms with E-state index in [1.807, 2.05) is 0 Å². The van der Waals surface area contributed by atoms with E-state index in [1.54, 1.807) is 0 Å². The normalized spacial score (nSPS) is 38.2. The maximum absolute atomic E-state index is 5.49. The van der Waals surface area contributed by atoms with Crippen LogP contribution in [0.4, 0.5) is 0 Å². The van der Waals surface area contributed by atoms with E-state index in [4.69, 9.17) is 10.5 Å². The fourth-order valence-corrected chi connectivity index (χ4v) is 0.877. The van der Waals surface area contributed by atoms with Crippen molar-refractivity contribution >= 4 is 12.9 Å². The molecule has 1 heterocycles. The van der Waals surface area contributed by atoms with Gasteiger partial charge in [-0.2, -0.15) is 0 Å². The fourth-order valence-electron chi connectivity index (χ4n) is 0.660. The van der Waals surface area contributed by atoms with Crippen molar-refractivity contribution in [3.8, 4) is 0 Å². The maximum Gasteiger partial charge on any atom is 0.112 e. The van der Waals surface area contributed by atoms with E-state index < -0.39 is 0 Å². The summed E-state index contributed by atoms with van der Waals surface area (Å²) < 4.78 is 9.63. The van der Waals surface area contributed by atoms with Crippen molar-refractivity contribution in [3.05, 3.63) is 0 Å². The topological polar surface area (TPSA) is 44.5 Å². The molecule has 1 fully saturated rings. The van der Waals surface area contributed by atoms with Gasteiger partial charge in [0.15, 0.2) is 0 Å². The van der Waals surface area contributed by atoms with Crippen LogP contribution in [0.3, 0.4) is 0 Å². The lowest BCUT2D eigenvalue weighted by Crippen LogP contribution is -2.33. The van der Waals surface area contributed by atoms with E-state index in [9.17, 15) is 0 Å². The van der Waals surface area contributed by atoms with Gasteiger partial charge in [0.2, 0.25) is 0 Å². The van der Waals surface area contributed by atoms with E-state index >= 15 is 0 Å². The second-order valence-corrected chi connectivity index (χ2v) is 2.06. The Balaban J connectivity index is 2.30. The predicted octanol–water partition coefficient (Wildman–Crippen LogP) is -0.426. The van der Waals surface area contributed by atoms with Gasteiger partial charge in [-0.15, -0.1) is 0 Å². The van der Waals surface area contributed by atoms with Gasteiger partial charge in [0.1, 0.15) is 6.10 Å². The summed E-state index contributed by atoms with van der Waals surface area (Å²) in [5.41, 5.74) is 5.49. The smallest absolute Gasteiger partial charge is 0.112 e. The molecule has 1 aliphatic heterocycles. The molecule has 4 heteroatoms. The highest BCUT2D eigenvalue weighted by Gasteiger charge is 2.24. The second-order valence-electron chi connectivity index (χ2n) is 1.85. The molecule has 1 rings (SSSR count). The van der Waals surface area contributed by atoms with Crippen molar-refractivity contribution in [1.82, 2.24) is 0 Å². The molecule has 2 N–H and O–H groups in total. The van der Waals surface area contributed by atoms with Gasteiger partial charge in [-0.05, 0) is 12.9 Å². The zero-order chi connectivity index (χ0) is 5.98. The third-order valence-electron chi connectivity index (χ3n) is 1.21. The lowest BCUT2D eigenvalue weighted by atomic mass is 10.2. The molecule has 0 bridgehead atoms. The molecule has 0 amide bonds. The Morgan fingerprint density at radius 2 is 2.38 bits per heavy atom. The molecule has 8 heavy (non-hydrogen) atoms. The van der Waals surface area contributed by atoms with Gasteiger partial charge in [0, 0.05) is 0 Å². The van der Waals surface area contributed by atoms with E-state index in [1.165, 1.54) is 0 Å². The first-order chi connectivity index (χ1) is 3.84. The molecule has 0 saturated carbocycles. The molecule has 0 aliphatic carbocycles. The summed E-state index contributed by atoms with van der Waals surface area (Å²) in [7, 11) is 0. The minimum atomic E-state index is -0.0154. The maximum atomic E-state index is 5.49. The van der Waals surface area contributed by atoms with Gasteiger partial charge in [0.25, 0.3) is 0 Å². The molecule has 48 valence electrons. The highest BCUT2D eigenvalue weighted by molar-refractivity contribution is 7.75. The highest BCUT2D eigenvalue weighted by Crippen LogP contribution is 2.07. The zero-order valence-corrected chi connectivity index (χ0v) is 5.30. The van der Waals surface area contributed by atoms with Crippen molar-refractivity contribution < 1.29 is 8.92 Å². The van der Waals surface area contributed by atoms with E-state index in [-0.39, 0.29) is 12.1 Å². The van der Waals surface area contributed by atoms with Crippen molar-refractivity contribution in [1.29, 1.82) is 0 Å². The minimum Gasteiger partial charge on any atom is -0.377 e. The first-order valence-corrected chi connectivity index (χ1v) is 2.84. The standard InChI is InChI=1S/C4H9NO2S/c5-3-1-6-2-4(3)7-8/h3-4,8H,1-2,5H2/t3-,4-/m0/s1. The number of ether oxygens (including phenoxy) is 1. The Morgan fingerprint density at radius 1 is 1.62 bits per heavy atom. The van der Waals surface area contributed by atoms with Crippen LogP contribution in [0.25, 0.3) is 0 Å². The van der Waals surface area contributed by atoms with Crippen molar-refractivity contribution in [2.75, 3.05) is 13.2 Å². The molecular weight excluding hydrogens is 126 g/mol. The van der Waals surface area contributed by atoms with Crippen LogP contribution >= 0.6 is 12.9 Å². The molecule has 2 atom stereocenters. The van der Waals surface area contributed by atoms with Crippen molar-refractivity contribution in [2.24, 2.45) is 5.73 Å². The molecule has 0 radical (unpaired) electrons. The van der Waals surface area contributed by atoms with Crippen LogP contribution in [-0.4, -0.2) is 25.4 Å². The molecule has 0 spiro atoms. The van der Waals surface area contributed by atoms with Crippen LogP contribution in [0.15, 0.2) is 0 Å². The van der Waals surface area contributed by atoms with Crippen LogP contribution in [0, 0.1) is 0 Å². The van der Waals surface area contributed by atoms with E-state index in [0.29, 0.717) is 13.2 Å². The summed E-state index contributed by atoms with van der Waals surface area (Å²) in [6, 6.07) is 0.00694. The first kappa shape index (κ1) is 6.35. The number of nitrogens with two attached hydrogens (primary N) is 1. The average molecular weight is 135 g/mol. The summed E-state index contributed by atoms with van der Waals surface area (Å²) in [6.07, 6.45) is -0.0154. The third kappa shape index (κ3) is 1.14. The Hall–Kier alpha value is 0.230. The van der Waals surface area contributed by atoms with Gasteiger partial charge in [-0.25, -0.2) is 0 Å². The number of rotatable bonds is 1. The van der Waals surface area contributed by atoms with Gasteiger partial charge in [-0.1, -0.05) is 0 Å². The summed E-state index contributed by atoms with van der Waals surface area (Å²) in [4.78, 5) is 0. The summed E-state index contributed by atoms with van der Waals surface area (Å²) in [5.74, 6) is 0. The van der Waals surface area contributed by atoms with Gasteiger partial charge < -0.3 is 14.7 Å². The van der Waals surface area contributed by atoms with Crippen LogP contribution < -0.4 is 5.73 Å². The minimum absolute atomic E-state index is 0.00694. The fraction of sp³-hybridized carbons (Fsp3) is 1.00. The predicted molar refractivity (Wildman–Crippen MR) is 32.7 cm³/mol.